The van der Waals surface area contributed by atoms with Gasteiger partial charge < -0.3 is 15.2 Å². The van der Waals surface area contributed by atoms with Crippen molar-refractivity contribution in [2.45, 2.75) is 6.61 Å². The van der Waals surface area contributed by atoms with Gasteiger partial charge in [-0.3, -0.25) is 0 Å². The van der Waals surface area contributed by atoms with E-state index in [4.69, 9.17) is 26.8 Å². The number of hydrogen-bond acceptors (Lipinski definition) is 4. The van der Waals surface area contributed by atoms with Crippen molar-refractivity contribution in [3.63, 3.8) is 0 Å². The summed E-state index contributed by atoms with van der Waals surface area (Å²) in [7, 11) is 0. The summed E-state index contributed by atoms with van der Waals surface area (Å²) in [6, 6.07) is 12.2. The average molecular weight is 371 g/mol. The van der Waals surface area contributed by atoms with Crippen LogP contribution in [-0.2, 0) is 16.1 Å². The molecule has 0 aliphatic heterocycles. The van der Waals surface area contributed by atoms with Gasteiger partial charge in [0.15, 0.2) is 6.61 Å². The van der Waals surface area contributed by atoms with Crippen molar-refractivity contribution in [1.82, 2.24) is 0 Å². The number of halogens is 2. The van der Waals surface area contributed by atoms with Crippen LogP contribution in [0.25, 0.3) is 0 Å². The number of anilines is 1. The van der Waals surface area contributed by atoms with E-state index < -0.39 is 5.97 Å². The van der Waals surface area contributed by atoms with Gasteiger partial charge >= 0.3 is 5.97 Å². The molecule has 0 radical (unpaired) electrons. The first-order valence-electron chi connectivity index (χ1n) is 6.12. The molecule has 6 heteroatoms. The second kappa shape index (κ2) is 7.33. The molecule has 110 valence electrons. The van der Waals surface area contributed by atoms with Crippen LogP contribution in [0.1, 0.15) is 5.56 Å². The Hall–Kier alpha value is -1.72. The first-order chi connectivity index (χ1) is 10.0. The van der Waals surface area contributed by atoms with Crippen LogP contribution in [0, 0.1) is 0 Å². The van der Waals surface area contributed by atoms with E-state index in [0.29, 0.717) is 16.5 Å². The molecule has 21 heavy (non-hydrogen) atoms. The van der Waals surface area contributed by atoms with E-state index in [9.17, 15) is 4.79 Å². The van der Waals surface area contributed by atoms with E-state index >= 15 is 0 Å². The molecule has 2 aromatic rings. The van der Waals surface area contributed by atoms with Gasteiger partial charge in [0.05, 0.1) is 0 Å². The van der Waals surface area contributed by atoms with Crippen LogP contribution in [0.4, 0.5) is 5.69 Å². The van der Waals surface area contributed by atoms with Gasteiger partial charge in [-0.1, -0.05) is 39.7 Å². The maximum absolute atomic E-state index is 11.6. The van der Waals surface area contributed by atoms with Crippen molar-refractivity contribution in [1.29, 1.82) is 0 Å². The monoisotopic (exact) mass is 369 g/mol. The molecule has 0 saturated heterocycles. The predicted octanol–water partition coefficient (Wildman–Crippen LogP) is 3.81. The lowest BCUT2D eigenvalue weighted by Gasteiger charge is -2.08. The van der Waals surface area contributed by atoms with Gasteiger partial charge in [-0.2, -0.15) is 0 Å². The van der Waals surface area contributed by atoms with Gasteiger partial charge in [-0.05, 0) is 24.3 Å². The molecule has 0 heterocycles. The molecule has 0 unspecified atom stereocenters. The van der Waals surface area contributed by atoms with Gasteiger partial charge in [0.1, 0.15) is 12.4 Å². The van der Waals surface area contributed by atoms with Gasteiger partial charge in [-0.15, -0.1) is 0 Å². The number of carbonyl (C=O) groups is 1. The van der Waals surface area contributed by atoms with E-state index in [0.717, 1.165) is 10.0 Å². The minimum atomic E-state index is -0.476. The van der Waals surface area contributed by atoms with Crippen LogP contribution in [0.5, 0.6) is 5.75 Å². The summed E-state index contributed by atoms with van der Waals surface area (Å²) in [5, 5.41) is 0.536. The minimum absolute atomic E-state index is 0.102. The summed E-state index contributed by atoms with van der Waals surface area (Å²) in [6.07, 6.45) is 0. The van der Waals surface area contributed by atoms with E-state index in [1.54, 1.807) is 36.4 Å². The van der Waals surface area contributed by atoms with E-state index in [-0.39, 0.29) is 13.2 Å². The molecule has 0 saturated carbocycles. The summed E-state index contributed by atoms with van der Waals surface area (Å²) < 4.78 is 11.3. The Morgan fingerprint density at radius 2 is 2.05 bits per heavy atom. The third kappa shape index (κ3) is 4.95. The molecule has 0 amide bonds. The molecule has 2 N–H and O–H groups in total. The highest BCUT2D eigenvalue weighted by molar-refractivity contribution is 9.10. The SMILES string of the molecule is Nc1cccc(OCC(=O)OCc2ccc(Br)cc2Cl)c1. The van der Waals surface area contributed by atoms with E-state index in [1.165, 1.54) is 0 Å². The highest BCUT2D eigenvalue weighted by Gasteiger charge is 2.07. The first-order valence-corrected chi connectivity index (χ1v) is 7.29. The third-order valence-corrected chi connectivity index (χ3v) is 3.46. The van der Waals surface area contributed by atoms with Crippen molar-refractivity contribution >= 4 is 39.2 Å². The van der Waals surface area contributed by atoms with Gasteiger partial charge in [0, 0.05) is 26.8 Å². The van der Waals surface area contributed by atoms with Crippen molar-refractivity contribution in [2.75, 3.05) is 12.3 Å². The number of ether oxygens (including phenoxy) is 2. The molecule has 0 aliphatic carbocycles. The topological polar surface area (TPSA) is 61.5 Å². The van der Waals surface area contributed by atoms with Crippen LogP contribution in [0.15, 0.2) is 46.9 Å². The van der Waals surface area contributed by atoms with Crippen LogP contribution < -0.4 is 10.5 Å². The minimum Gasteiger partial charge on any atom is -0.482 e. The molecular formula is C15H13BrClNO3. The Balaban J connectivity index is 1.82. The Labute approximate surface area is 135 Å². The number of carbonyl (C=O) groups excluding carboxylic acids is 1. The average Bonchev–Trinajstić information content (AvgIpc) is 2.44. The first kappa shape index (κ1) is 15.7. The van der Waals surface area contributed by atoms with E-state index in [2.05, 4.69) is 15.9 Å². The number of esters is 1. The van der Waals surface area contributed by atoms with Crippen LogP contribution in [-0.4, -0.2) is 12.6 Å². The third-order valence-electron chi connectivity index (χ3n) is 2.62. The van der Waals surface area contributed by atoms with Crippen LogP contribution in [0.3, 0.4) is 0 Å². The molecule has 0 aromatic heterocycles. The predicted molar refractivity (Wildman–Crippen MR) is 85.3 cm³/mol. The largest absolute Gasteiger partial charge is 0.482 e. The van der Waals surface area contributed by atoms with Crippen molar-refractivity contribution in [3.05, 3.63) is 57.5 Å². The summed E-state index contributed by atoms with van der Waals surface area (Å²) in [5.74, 6) is 0.0463. The fraction of sp³-hybridized carbons (Fsp3) is 0.133. The zero-order valence-corrected chi connectivity index (χ0v) is 13.4. The summed E-state index contributed by atoms with van der Waals surface area (Å²) in [6.45, 7) is -0.0805. The van der Waals surface area contributed by atoms with Crippen LogP contribution in [0.2, 0.25) is 5.02 Å². The maximum atomic E-state index is 11.6. The molecule has 0 spiro atoms. The lowest BCUT2D eigenvalue weighted by Crippen LogP contribution is -2.14. The molecule has 2 aromatic carbocycles. The van der Waals surface area contributed by atoms with Gasteiger partial charge in [0.2, 0.25) is 0 Å². The quantitative estimate of drug-likeness (QED) is 0.642. The smallest absolute Gasteiger partial charge is 0.344 e. The molecular weight excluding hydrogens is 358 g/mol. The molecule has 2 rings (SSSR count). The normalized spacial score (nSPS) is 10.2. The summed E-state index contributed by atoms with van der Waals surface area (Å²) in [4.78, 5) is 11.6. The Bertz CT molecular complexity index is 649. The molecule has 0 aliphatic rings. The number of hydrogen-bond donors (Lipinski definition) is 1. The summed E-state index contributed by atoms with van der Waals surface area (Å²) in [5.41, 5.74) is 6.92. The van der Waals surface area contributed by atoms with Gasteiger partial charge in [-0.25, -0.2) is 4.79 Å². The highest BCUT2D eigenvalue weighted by atomic mass is 79.9. The molecule has 0 atom stereocenters. The van der Waals surface area contributed by atoms with Crippen molar-refractivity contribution in [2.24, 2.45) is 0 Å². The zero-order valence-electron chi connectivity index (χ0n) is 11.0. The van der Waals surface area contributed by atoms with Gasteiger partial charge in [0.25, 0.3) is 0 Å². The lowest BCUT2D eigenvalue weighted by molar-refractivity contribution is -0.147. The van der Waals surface area contributed by atoms with E-state index in [1.807, 2.05) is 6.07 Å². The fourth-order valence-corrected chi connectivity index (χ4v) is 2.31. The fourth-order valence-electron chi connectivity index (χ4n) is 1.59. The Kier molecular flexibility index (Phi) is 5.47. The van der Waals surface area contributed by atoms with Crippen molar-refractivity contribution in [3.8, 4) is 5.75 Å². The number of benzene rings is 2. The number of nitrogens with two attached hydrogens (primary N) is 1. The lowest BCUT2D eigenvalue weighted by atomic mass is 10.2. The molecule has 0 fully saturated rings. The zero-order chi connectivity index (χ0) is 15.2. The van der Waals surface area contributed by atoms with Crippen LogP contribution >= 0.6 is 27.5 Å². The summed E-state index contributed by atoms with van der Waals surface area (Å²) >= 11 is 9.35. The standard InChI is InChI=1S/C15H13BrClNO3/c16-11-5-4-10(14(17)6-11)8-21-15(19)9-20-13-3-1-2-12(18)7-13/h1-7H,8-9,18H2. The highest BCUT2D eigenvalue weighted by Crippen LogP contribution is 2.22. The second-order valence-electron chi connectivity index (χ2n) is 4.26. The molecule has 0 bridgehead atoms. The number of rotatable bonds is 5. The Morgan fingerprint density at radius 1 is 1.24 bits per heavy atom. The number of nitrogen functional groups attached to an aromatic ring is 1. The van der Waals surface area contributed by atoms with Crippen molar-refractivity contribution < 1.29 is 14.3 Å². The molecule has 4 nitrogen and oxygen atoms in total. The maximum Gasteiger partial charge on any atom is 0.344 e. The second-order valence-corrected chi connectivity index (χ2v) is 5.58. The Morgan fingerprint density at radius 3 is 2.76 bits per heavy atom.